The molecule has 4 rings (SSSR count). The smallest absolute Gasteiger partial charge is 0.407 e. The number of hydrogen-bond donors (Lipinski definition) is 2. The second kappa shape index (κ2) is 8.68. The number of rotatable bonds is 7. The van der Waals surface area contributed by atoms with E-state index < -0.39 is 12.1 Å². The van der Waals surface area contributed by atoms with Crippen LogP contribution in [-0.2, 0) is 9.53 Å². The van der Waals surface area contributed by atoms with Gasteiger partial charge < -0.3 is 25.0 Å². The van der Waals surface area contributed by atoms with Crippen LogP contribution in [0.2, 0.25) is 0 Å². The Labute approximate surface area is 188 Å². The summed E-state index contributed by atoms with van der Waals surface area (Å²) in [5, 5.41) is 6.99. The van der Waals surface area contributed by atoms with Gasteiger partial charge in [-0.2, -0.15) is 0 Å². The van der Waals surface area contributed by atoms with Gasteiger partial charge in [0.15, 0.2) is 0 Å². The van der Waals surface area contributed by atoms with Gasteiger partial charge in [-0.25, -0.2) is 4.79 Å². The number of amides is 2. The molecule has 2 fully saturated rings. The first-order chi connectivity index (χ1) is 15.3. The molecular weight excluding hydrogens is 408 g/mol. The van der Waals surface area contributed by atoms with E-state index in [1.807, 2.05) is 30.3 Å². The third kappa shape index (κ3) is 4.64. The lowest BCUT2D eigenvalue weighted by atomic mass is 10.1. The van der Waals surface area contributed by atoms with Crippen molar-refractivity contribution < 1.29 is 19.1 Å². The number of methoxy groups -OCH3 is 1. The fourth-order valence-corrected chi connectivity index (χ4v) is 4.14. The second-order valence-corrected chi connectivity index (χ2v) is 8.88. The number of benzene rings is 1. The lowest BCUT2D eigenvalue weighted by molar-refractivity contribution is -0.133. The fourth-order valence-electron chi connectivity index (χ4n) is 4.14. The Balaban J connectivity index is 1.54. The summed E-state index contributed by atoms with van der Waals surface area (Å²) in [4.78, 5) is 31.0. The first-order valence-corrected chi connectivity index (χ1v) is 10.9. The van der Waals surface area contributed by atoms with Gasteiger partial charge in [-0.05, 0) is 44.9 Å². The van der Waals surface area contributed by atoms with Crippen LogP contribution in [0.15, 0.2) is 48.8 Å². The summed E-state index contributed by atoms with van der Waals surface area (Å²) in [7, 11) is 1.27. The van der Waals surface area contributed by atoms with Crippen LogP contribution in [-0.4, -0.2) is 59.3 Å². The maximum absolute atomic E-state index is 13.2. The predicted octanol–water partition coefficient (Wildman–Crippen LogP) is 2.98. The summed E-state index contributed by atoms with van der Waals surface area (Å²) in [6, 6.07) is 8.69. The predicted molar refractivity (Wildman–Crippen MR) is 121 cm³/mol. The summed E-state index contributed by atoms with van der Waals surface area (Å²) in [5.41, 5.74) is 1.70. The van der Waals surface area contributed by atoms with Crippen molar-refractivity contribution in [3.63, 3.8) is 0 Å². The molecular formula is C24H30N4O4. The van der Waals surface area contributed by atoms with Crippen LogP contribution in [0.25, 0.3) is 10.9 Å². The van der Waals surface area contributed by atoms with E-state index in [1.165, 1.54) is 7.11 Å². The highest BCUT2D eigenvalue weighted by Crippen LogP contribution is 2.37. The van der Waals surface area contributed by atoms with Crippen molar-refractivity contribution in [3.8, 4) is 5.75 Å². The lowest BCUT2D eigenvalue weighted by Crippen LogP contribution is -2.50. The molecule has 32 heavy (non-hydrogen) atoms. The van der Waals surface area contributed by atoms with E-state index in [9.17, 15) is 9.59 Å². The van der Waals surface area contributed by atoms with Gasteiger partial charge in [0.05, 0.1) is 25.2 Å². The zero-order valence-electron chi connectivity index (χ0n) is 18.8. The highest BCUT2D eigenvalue weighted by molar-refractivity contribution is 5.86. The number of pyridine rings is 1. The lowest BCUT2D eigenvalue weighted by Gasteiger charge is -2.30. The Hall–Kier alpha value is -3.29. The number of carbonyl (C=O) groups excluding carboxylic acids is 2. The highest BCUT2D eigenvalue weighted by atomic mass is 16.5. The largest absolute Gasteiger partial charge is 0.488 e. The topological polar surface area (TPSA) is 92.8 Å². The summed E-state index contributed by atoms with van der Waals surface area (Å²) >= 11 is 0. The zero-order chi connectivity index (χ0) is 22.9. The third-order valence-electron chi connectivity index (χ3n) is 6.20. The van der Waals surface area contributed by atoms with Gasteiger partial charge in [-0.3, -0.25) is 9.78 Å². The number of nitrogens with one attached hydrogen (secondary N) is 2. The average molecular weight is 439 g/mol. The number of alkyl carbamates (subject to hydrolysis) is 1. The summed E-state index contributed by atoms with van der Waals surface area (Å²) < 4.78 is 11.0. The first kappa shape index (κ1) is 21.9. The molecule has 8 heteroatoms. The Kier molecular flexibility index (Phi) is 5.95. The number of hydrogen-bond acceptors (Lipinski definition) is 6. The molecule has 1 aromatic carbocycles. The molecule has 1 aliphatic carbocycles. The van der Waals surface area contributed by atoms with Gasteiger partial charge in [-0.1, -0.05) is 18.7 Å². The van der Waals surface area contributed by atoms with Gasteiger partial charge in [0, 0.05) is 29.2 Å². The van der Waals surface area contributed by atoms with E-state index in [-0.39, 0.29) is 23.6 Å². The van der Waals surface area contributed by atoms with Crippen LogP contribution in [0.1, 0.15) is 33.1 Å². The van der Waals surface area contributed by atoms with Crippen molar-refractivity contribution in [2.75, 3.05) is 13.7 Å². The minimum absolute atomic E-state index is 0.0436. The van der Waals surface area contributed by atoms with Gasteiger partial charge >= 0.3 is 6.09 Å². The molecule has 2 aliphatic rings. The van der Waals surface area contributed by atoms with Gasteiger partial charge in [0.1, 0.15) is 17.9 Å². The third-order valence-corrected chi connectivity index (χ3v) is 6.20. The highest BCUT2D eigenvalue weighted by Gasteiger charge is 2.44. The van der Waals surface area contributed by atoms with E-state index in [4.69, 9.17) is 4.74 Å². The minimum Gasteiger partial charge on any atom is -0.488 e. The van der Waals surface area contributed by atoms with Crippen LogP contribution in [0.3, 0.4) is 0 Å². The van der Waals surface area contributed by atoms with Gasteiger partial charge in [0.25, 0.3) is 0 Å². The molecule has 0 bridgehead atoms. The Morgan fingerprint density at radius 3 is 2.75 bits per heavy atom. The maximum atomic E-state index is 13.2. The van der Waals surface area contributed by atoms with Crippen molar-refractivity contribution in [1.82, 2.24) is 20.5 Å². The van der Waals surface area contributed by atoms with Gasteiger partial charge in [-0.15, -0.1) is 0 Å². The second-order valence-electron chi connectivity index (χ2n) is 8.88. The van der Waals surface area contributed by atoms with E-state index in [0.717, 1.165) is 35.2 Å². The summed E-state index contributed by atoms with van der Waals surface area (Å²) in [6.45, 7) is 8.44. The van der Waals surface area contributed by atoms with Crippen molar-refractivity contribution >= 4 is 22.9 Å². The van der Waals surface area contributed by atoms with E-state index in [2.05, 4.69) is 33.9 Å². The number of nitrogens with zero attached hydrogens (tertiary/aromatic N) is 2. The molecule has 2 aromatic rings. The van der Waals surface area contributed by atoms with Crippen LogP contribution in [0.4, 0.5) is 4.79 Å². The molecule has 170 valence electrons. The van der Waals surface area contributed by atoms with Crippen LogP contribution < -0.4 is 15.4 Å². The van der Waals surface area contributed by atoms with E-state index in [0.29, 0.717) is 13.0 Å². The number of fused-ring (bicyclic) bond motifs is 1. The molecule has 8 nitrogen and oxygen atoms in total. The quantitative estimate of drug-likeness (QED) is 0.691. The van der Waals surface area contributed by atoms with Crippen LogP contribution in [0, 0.1) is 0 Å². The molecule has 1 aliphatic heterocycles. The summed E-state index contributed by atoms with van der Waals surface area (Å²) in [5.74, 6) is 0.539. The molecule has 2 N–H and O–H groups in total. The first-order valence-electron chi connectivity index (χ1n) is 10.9. The molecule has 2 amide bonds. The molecule has 3 atom stereocenters. The van der Waals surface area contributed by atoms with Crippen molar-refractivity contribution in [3.05, 3.63) is 48.8 Å². The van der Waals surface area contributed by atoms with Crippen molar-refractivity contribution in [1.29, 1.82) is 0 Å². The molecule has 1 saturated heterocycles. The van der Waals surface area contributed by atoms with E-state index in [1.54, 1.807) is 18.0 Å². The number of likely N-dealkylation sites (tertiary alicyclic amines) is 1. The molecule has 0 spiro atoms. The Bertz CT molecular complexity index is 1030. The maximum Gasteiger partial charge on any atom is 0.407 e. The van der Waals surface area contributed by atoms with Gasteiger partial charge in [0.2, 0.25) is 5.91 Å². The monoisotopic (exact) mass is 438 g/mol. The number of ether oxygens (including phenoxy) is 2. The van der Waals surface area contributed by atoms with Crippen LogP contribution >= 0.6 is 0 Å². The number of aromatic nitrogens is 1. The molecule has 3 unspecified atom stereocenters. The Morgan fingerprint density at radius 2 is 2.03 bits per heavy atom. The molecule has 0 radical (unpaired) electrons. The molecule has 1 aromatic heterocycles. The standard InChI is InChI=1S/C24H30N4O4/c1-15(27-24(3)10-11-24)20-13-17(14-28(20)22(29)16(2)26-23(30)31-4)32-21-9-12-25-19-8-6-5-7-18(19)21/h5-9,12,16-17,20,27H,1,10-11,13-14H2,2-4H3,(H,26,30). The summed E-state index contributed by atoms with van der Waals surface area (Å²) in [6.07, 6.45) is 3.64. The number of carbonyl (C=O) groups is 2. The normalized spacial score (nSPS) is 22.2. The van der Waals surface area contributed by atoms with Crippen LogP contribution in [0.5, 0.6) is 5.75 Å². The zero-order valence-corrected chi connectivity index (χ0v) is 18.8. The SMILES string of the molecule is C=C(NC1(C)CC1)C1CC(Oc2ccnc3ccccc23)CN1C(=O)C(C)NC(=O)OC. The molecule has 2 heterocycles. The van der Waals surface area contributed by atoms with Crippen molar-refractivity contribution in [2.45, 2.75) is 56.8 Å². The fraction of sp³-hybridized carbons (Fsp3) is 0.458. The Morgan fingerprint density at radius 1 is 1.28 bits per heavy atom. The number of para-hydroxylation sites is 1. The minimum atomic E-state index is -0.727. The average Bonchev–Trinajstić information content (AvgIpc) is 3.35. The molecule has 1 saturated carbocycles. The van der Waals surface area contributed by atoms with Crippen molar-refractivity contribution in [2.24, 2.45) is 0 Å². The van der Waals surface area contributed by atoms with E-state index >= 15 is 0 Å².